The Morgan fingerprint density at radius 2 is 1.79 bits per heavy atom. The van der Waals surface area contributed by atoms with Crippen LogP contribution in [0.3, 0.4) is 0 Å². The van der Waals surface area contributed by atoms with E-state index >= 15 is 0 Å². The van der Waals surface area contributed by atoms with Crippen LogP contribution in [0.5, 0.6) is 0 Å². The Morgan fingerprint density at radius 1 is 1.07 bits per heavy atom. The minimum atomic E-state index is -0.178. The van der Waals surface area contributed by atoms with Gasteiger partial charge in [-0.25, -0.2) is 4.39 Å². The third-order valence-corrected chi connectivity index (χ3v) is 5.68. The van der Waals surface area contributed by atoms with Gasteiger partial charge in [0.1, 0.15) is 5.82 Å². The van der Waals surface area contributed by atoms with Crippen LogP contribution in [-0.2, 0) is 16.7 Å². The first-order valence-corrected chi connectivity index (χ1v) is 9.87. The van der Waals surface area contributed by atoms with E-state index in [1.54, 1.807) is 26.1 Å². The highest BCUT2D eigenvalue weighted by Crippen LogP contribution is 2.36. The molecule has 0 unspecified atom stereocenters. The Labute approximate surface area is 190 Å². The minimum Gasteiger partial charge on any atom is -0.381 e. The lowest BCUT2D eigenvalue weighted by Crippen LogP contribution is -2.48. The zero-order chi connectivity index (χ0) is 20.0. The SMILES string of the molecule is CN=C(NCc1ccc(C)c(F)c1)NCC1(c2ccccc2C)CCOCC1.I. The van der Waals surface area contributed by atoms with Gasteiger partial charge in [-0.3, -0.25) is 4.99 Å². The fourth-order valence-corrected chi connectivity index (χ4v) is 3.88. The Morgan fingerprint density at radius 3 is 2.45 bits per heavy atom. The van der Waals surface area contributed by atoms with Crippen molar-refractivity contribution in [1.82, 2.24) is 10.6 Å². The van der Waals surface area contributed by atoms with E-state index in [-0.39, 0.29) is 35.2 Å². The summed E-state index contributed by atoms with van der Waals surface area (Å²) in [5, 5.41) is 6.79. The number of nitrogens with one attached hydrogen (secondary N) is 2. The van der Waals surface area contributed by atoms with Crippen LogP contribution in [0.25, 0.3) is 0 Å². The van der Waals surface area contributed by atoms with Gasteiger partial charge in [-0.1, -0.05) is 36.4 Å². The molecule has 1 fully saturated rings. The van der Waals surface area contributed by atoms with Gasteiger partial charge in [0.15, 0.2) is 5.96 Å². The quantitative estimate of drug-likeness (QED) is 0.354. The molecule has 0 radical (unpaired) electrons. The maximum absolute atomic E-state index is 13.8. The monoisotopic (exact) mass is 511 g/mol. The molecule has 29 heavy (non-hydrogen) atoms. The van der Waals surface area contributed by atoms with E-state index in [2.05, 4.69) is 46.8 Å². The first-order chi connectivity index (χ1) is 13.5. The fraction of sp³-hybridized carbons (Fsp3) is 0.435. The predicted octanol–water partition coefficient (Wildman–Crippen LogP) is 4.47. The van der Waals surface area contributed by atoms with Crippen LogP contribution in [0.4, 0.5) is 4.39 Å². The highest BCUT2D eigenvalue weighted by atomic mass is 127. The van der Waals surface area contributed by atoms with Crippen molar-refractivity contribution in [3.8, 4) is 0 Å². The van der Waals surface area contributed by atoms with Crippen LogP contribution < -0.4 is 10.6 Å². The molecule has 6 heteroatoms. The molecule has 1 aliphatic rings. The van der Waals surface area contributed by atoms with Crippen molar-refractivity contribution in [2.45, 2.75) is 38.6 Å². The maximum atomic E-state index is 13.8. The van der Waals surface area contributed by atoms with Gasteiger partial charge in [-0.2, -0.15) is 0 Å². The molecule has 1 saturated heterocycles. The van der Waals surface area contributed by atoms with E-state index in [1.807, 2.05) is 6.07 Å². The number of guanidine groups is 1. The number of ether oxygens (including phenoxy) is 1. The van der Waals surface area contributed by atoms with Gasteiger partial charge in [0, 0.05) is 38.8 Å². The Balaban J connectivity index is 0.00000300. The number of benzene rings is 2. The van der Waals surface area contributed by atoms with Crippen LogP contribution in [0, 0.1) is 19.7 Å². The number of rotatable bonds is 5. The van der Waals surface area contributed by atoms with E-state index < -0.39 is 0 Å². The standard InChI is InChI=1S/C23H30FN3O.HI/c1-17-6-4-5-7-20(17)23(10-12-28-13-11-23)16-27-22(25-3)26-15-19-9-8-18(2)21(24)14-19;/h4-9,14H,10-13,15-16H2,1-3H3,(H2,25,26,27);1H. The van der Waals surface area contributed by atoms with Crippen molar-refractivity contribution in [3.63, 3.8) is 0 Å². The Bertz CT molecular complexity index is 835. The van der Waals surface area contributed by atoms with Gasteiger partial charge >= 0.3 is 0 Å². The summed E-state index contributed by atoms with van der Waals surface area (Å²) in [6.45, 7) is 6.79. The number of hydrogen-bond acceptors (Lipinski definition) is 2. The van der Waals surface area contributed by atoms with Crippen LogP contribution in [0.1, 0.15) is 35.1 Å². The average molecular weight is 511 g/mol. The van der Waals surface area contributed by atoms with Crippen LogP contribution >= 0.6 is 24.0 Å². The van der Waals surface area contributed by atoms with Gasteiger partial charge < -0.3 is 15.4 Å². The molecule has 0 spiro atoms. The lowest BCUT2D eigenvalue weighted by Gasteiger charge is -2.39. The lowest BCUT2D eigenvalue weighted by molar-refractivity contribution is 0.0512. The molecule has 158 valence electrons. The van der Waals surface area contributed by atoms with E-state index in [9.17, 15) is 4.39 Å². The normalized spacial score (nSPS) is 16.1. The summed E-state index contributed by atoms with van der Waals surface area (Å²) in [5.41, 5.74) is 4.26. The molecule has 0 bridgehead atoms. The van der Waals surface area contributed by atoms with Gasteiger partial charge in [-0.05, 0) is 55.0 Å². The molecule has 4 nitrogen and oxygen atoms in total. The highest BCUT2D eigenvalue weighted by Gasteiger charge is 2.35. The summed E-state index contributed by atoms with van der Waals surface area (Å²) in [4.78, 5) is 4.34. The second kappa shape index (κ2) is 10.9. The second-order valence-corrected chi connectivity index (χ2v) is 7.57. The largest absolute Gasteiger partial charge is 0.381 e. The summed E-state index contributed by atoms with van der Waals surface area (Å²) in [6, 6.07) is 13.9. The zero-order valence-electron chi connectivity index (χ0n) is 17.4. The summed E-state index contributed by atoms with van der Waals surface area (Å²) in [5.74, 6) is 0.545. The summed E-state index contributed by atoms with van der Waals surface area (Å²) in [6.07, 6.45) is 1.95. The van der Waals surface area contributed by atoms with Gasteiger partial charge in [-0.15, -0.1) is 24.0 Å². The van der Waals surface area contributed by atoms with E-state index in [0.29, 0.717) is 12.1 Å². The maximum Gasteiger partial charge on any atom is 0.191 e. The number of aryl methyl sites for hydroxylation is 2. The Hall–Kier alpha value is -1.67. The van der Waals surface area contributed by atoms with Crippen molar-refractivity contribution in [3.05, 3.63) is 70.5 Å². The third-order valence-electron chi connectivity index (χ3n) is 5.68. The molecule has 1 heterocycles. The zero-order valence-corrected chi connectivity index (χ0v) is 19.8. The van der Waals surface area contributed by atoms with Crippen molar-refractivity contribution in [2.24, 2.45) is 4.99 Å². The minimum absolute atomic E-state index is 0. The van der Waals surface area contributed by atoms with Gasteiger partial charge in [0.2, 0.25) is 0 Å². The molecule has 2 aromatic rings. The number of halogens is 2. The molecule has 3 rings (SSSR count). The highest BCUT2D eigenvalue weighted by molar-refractivity contribution is 14.0. The lowest BCUT2D eigenvalue weighted by atomic mass is 9.72. The van der Waals surface area contributed by atoms with Crippen molar-refractivity contribution in [2.75, 3.05) is 26.8 Å². The fourth-order valence-electron chi connectivity index (χ4n) is 3.88. The predicted molar refractivity (Wildman–Crippen MR) is 128 cm³/mol. The summed E-state index contributed by atoms with van der Waals surface area (Å²) < 4.78 is 19.4. The third kappa shape index (κ3) is 5.92. The second-order valence-electron chi connectivity index (χ2n) is 7.57. The molecule has 0 atom stereocenters. The molecule has 0 aliphatic carbocycles. The molecule has 2 aromatic carbocycles. The first kappa shape index (κ1) is 23.6. The molecule has 0 aromatic heterocycles. The van der Waals surface area contributed by atoms with E-state index in [1.165, 1.54) is 11.1 Å². The number of nitrogens with zero attached hydrogens (tertiary/aromatic N) is 1. The van der Waals surface area contributed by atoms with Gasteiger partial charge in [0.05, 0.1) is 0 Å². The number of aliphatic imine (C=N–C) groups is 1. The summed E-state index contributed by atoms with van der Waals surface area (Å²) >= 11 is 0. The van der Waals surface area contributed by atoms with Crippen molar-refractivity contribution in [1.29, 1.82) is 0 Å². The van der Waals surface area contributed by atoms with Crippen molar-refractivity contribution < 1.29 is 9.13 Å². The molecule has 1 aliphatic heterocycles. The molecule has 0 saturated carbocycles. The molecular formula is C23H31FIN3O. The Kier molecular flexibility index (Phi) is 8.89. The first-order valence-electron chi connectivity index (χ1n) is 9.87. The van der Waals surface area contributed by atoms with Crippen LogP contribution in [0.2, 0.25) is 0 Å². The van der Waals surface area contributed by atoms with Crippen LogP contribution in [-0.4, -0.2) is 32.8 Å². The molecule has 2 N–H and O–H groups in total. The van der Waals surface area contributed by atoms with Crippen LogP contribution in [0.15, 0.2) is 47.5 Å². The smallest absolute Gasteiger partial charge is 0.191 e. The molecular weight excluding hydrogens is 480 g/mol. The summed E-state index contributed by atoms with van der Waals surface area (Å²) in [7, 11) is 1.76. The topological polar surface area (TPSA) is 45.7 Å². The van der Waals surface area contributed by atoms with Gasteiger partial charge in [0.25, 0.3) is 0 Å². The number of hydrogen-bond donors (Lipinski definition) is 2. The van der Waals surface area contributed by atoms with E-state index in [0.717, 1.165) is 44.1 Å². The molecule has 0 amide bonds. The van der Waals surface area contributed by atoms with Crippen molar-refractivity contribution >= 4 is 29.9 Å². The van der Waals surface area contributed by atoms with E-state index in [4.69, 9.17) is 4.74 Å². The average Bonchev–Trinajstić information content (AvgIpc) is 2.71.